The molecule has 1 spiro atoms. The van der Waals surface area contributed by atoms with E-state index in [4.69, 9.17) is 23.2 Å². The third-order valence-electron chi connectivity index (χ3n) is 5.04. The van der Waals surface area contributed by atoms with Crippen molar-refractivity contribution < 1.29 is 0 Å². The maximum atomic E-state index is 6.26. The predicted molar refractivity (Wildman–Crippen MR) is 104 cm³/mol. The fourth-order valence-electron chi connectivity index (χ4n) is 3.65. The van der Waals surface area contributed by atoms with Crippen LogP contribution in [-0.2, 0) is 0 Å². The first-order chi connectivity index (χ1) is 12.0. The van der Waals surface area contributed by atoms with Gasteiger partial charge < -0.3 is 10.6 Å². The molecule has 2 aromatic rings. The SMILES string of the molecule is Cc1nc(NCC2CC3(CNC3)C2)cnc1Sc1cccc(Cl)c1Cl. The van der Waals surface area contributed by atoms with Crippen molar-refractivity contribution in [2.75, 3.05) is 25.0 Å². The molecule has 2 heterocycles. The molecular weight excluding hydrogens is 375 g/mol. The van der Waals surface area contributed by atoms with Crippen molar-refractivity contribution in [2.45, 2.75) is 29.7 Å². The van der Waals surface area contributed by atoms with E-state index in [0.29, 0.717) is 15.5 Å². The van der Waals surface area contributed by atoms with Gasteiger partial charge >= 0.3 is 0 Å². The zero-order valence-corrected chi connectivity index (χ0v) is 16.3. The molecule has 1 aliphatic heterocycles. The number of hydrogen-bond acceptors (Lipinski definition) is 5. The first kappa shape index (κ1) is 17.4. The zero-order valence-electron chi connectivity index (χ0n) is 14.0. The molecule has 4 rings (SSSR count). The molecule has 2 aliphatic rings. The lowest BCUT2D eigenvalue weighted by atomic mass is 9.58. The van der Waals surface area contributed by atoms with Crippen LogP contribution in [0.2, 0.25) is 10.0 Å². The van der Waals surface area contributed by atoms with Crippen molar-refractivity contribution >= 4 is 40.8 Å². The largest absolute Gasteiger partial charge is 0.369 e. The van der Waals surface area contributed by atoms with Crippen LogP contribution in [0.5, 0.6) is 0 Å². The first-order valence-electron chi connectivity index (χ1n) is 8.45. The summed E-state index contributed by atoms with van der Waals surface area (Å²) in [6.07, 6.45) is 4.44. The molecule has 7 heteroatoms. The van der Waals surface area contributed by atoms with Gasteiger partial charge in [0.05, 0.1) is 21.9 Å². The minimum absolute atomic E-state index is 0.551. The van der Waals surface area contributed by atoms with Gasteiger partial charge in [-0.15, -0.1) is 0 Å². The monoisotopic (exact) mass is 394 g/mol. The Labute approximate surface area is 162 Å². The van der Waals surface area contributed by atoms with Crippen LogP contribution in [-0.4, -0.2) is 29.6 Å². The highest BCUT2D eigenvalue weighted by Gasteiger charge is 2.47. The average molecular weight is 395 g/mol. The quantitative estimate of drug-likeness (QED) is 0.772. The summed E-state index contributed by atoms with van der Waals surface area (Å²) in [7, 11) is 0. The summed E-state index contributed by atoms with van der Waals surface area (Å²) in [6, 6.07) is 5.61. The number of benzene rings is 1. The molecule has 0 radical (unpaired) electrons. The number of rotatable bonds is 5. The smallest absolute Gasteiger partial charge is 0.144 e. The van der Waals surface area contributed by atoms with Crippen LogP contribution < -0.4 is 10.6 Å². The van der Waals surface area contributed by atoms with Crippen LogP contribution in [0.15, 0.2) is 34.3 Å². The molecule has 2 fully saturated rings. The second-order valence-corrected chi connectivity index (χ2v) is 8.87. The average Bonchev–Trinajstić information content (AvgIpc) is 2.51. The van der Waals surface area contributed by atoms with Gasteiger partial charge in [0.25, 0.3) is 0 Å². The number of halogens is 2. The third kappa shape index (κ3) is 3.61. The van der Waals surface area contributed by atoms with E-state index < -0.39 is 0 Å². The fraction of sp³-hybridized carbons (Fsp3) is 0.444. The molecule has 25 heavy (non-hydrogen) atoms. The van der Waals surface area contributed by atoms with Crippen LogP contribution in [0.25, 0.3) is 0 Å². The Bertz CT molecular complexity index is 787. The van der Waals surface area contributed by atoms with Crippen molar-refractivity contribution in [3.8, 4) is 0 Å². The summed E-state index contributed by atoms with van der Waals surface area (Å²) in [5, 5.41) is 8.76. The number of nitrogens with one attached hydrogen (secondary N) is 2. The van der Waals surface area contributed by atoms with Crippen molar-refractivity contribution in [2.24, 2.45) is 11.3 Å². The van der Waals surface area contributed by atoms with Gasteiger partial charge in [-0.25, -0.2) is 9.97 Å². The van der Waals surface area contributed by atoms with E-state index in [0.717, 1.165) is 33.9 Å². The molecule has 2 N–H and O–H groups in total. The normalized spacial score (nSPS) is 18.7. The van der Waals surface area contributed by atoms with Gasteiger partial charge in [0.1, 0.15) is 10.8 Å². The minimum atomic E-state index is 0.551. The third-order valence-corrected chi connectivity index (χ3v) is 7.13. The van der Waals surface area contributed by atoms with Crippen molar-refractivity contribution in [3.05, 3.63) is 40.1 Å². The highest BCUT2D eigenvalue weighted by Crippen LogP contribution is 2.48. The van der Waals surface area contributed by atoms with Gasteiger partial charge in [0.15, 0.2) is 0 Å². The highest BCUT2D eigenvalue weighted by atomic mass is 35.5. The maximum Gasteiger partial charge on any atom is 0.144 e. The summed E-state index contributed by atoms with van der Waals surface area (Å²) >= 11 is 13.8. The summed E-state index contributed by atoms with van der Waals surface area (Å²) in [6.45, 7) is 5.33. The van der Waals surface area contributed by atoms with Gasteiger partial charge in [-0.1, -0.05) is 41.0 Å². The van der Waals surface area contributed by atoms with E-state index >= 15 is 0 Å². The van der Waals surface area contributed by atoms with Crippen LogP contribution in [0.4, 0.5) is 5.82 Å². The van der Waals surface area contributed by atoms with Crippen LogP contribution in [0, 0.1) is 18.3 Å². The van der Waals surface area contributed by atoms with E-state index in [1.165, 1.54) is 37.7 Å². The molecule has 132 valence electrons. The molecule has 1 aliphatic carbocycles. The number of anilines is 1. The zero-order chi connectivity index (χ0) is 17.4. The second-order valence-electron chi connectivity index (χ2n) is 7.06. The predicted octanol–water partition coefficient (Wildman–Crippen LogP) is 4.65. The van der Waals surface area contributed by atoms with Gasteiger partial charge in [-0.3, -0.25) is 0 Å². The van der Waals surface area contributed by atoms with E-state index in [9.17, 15) is 0 Å². The Hall–Kier alpha value is -1.01. The summed E-state index contributed by atoms with van der Waals surface area (Å²) in [4.78, 5) is 10.1. The van der Waals surface area contributed by atoms with Crippen molar-refractivity contribution in [1.29, 1.82) is 0 Å². The summed E-state index contributed by atoms with van der Waals surface area (Å²) in [5.74, 6) is 1.59. The molecule has 0 amide bonds. The van der Waals surface area contributed by atoms with E-state index in [-0.39, 0.29) is 0 Å². The molecule has 0 atom stereocenters. The van der Waals surface area contributed by atoms with Crippen LogP contribution >= 0.6 is 35.0 Å². The van der Waals surface area contributed by atoms with Gasteiger partial charge in [-0.05, 0) is 43.2 Å². The van der Waals surface area contributed by atoms with Crippen molar-refractivity contribution in [1.82, 2.24) is 15.3 Å². The number of aryl methyl sites for hydroxylation is 1. The lowest BCUT2D eigenvalue weighted by Crippen LogP contribution is -2.61. The van der Waals surface area contributed by atoms with Crippen LogP contribution in [0.3, 0.4) is 0 Å². The van der Waals surface area contributed by atoms with Gasteiger partial charge in [-0.2, -0.15) is 0 Å². The Morgan fingerprint density at radius 3 is 2.80 bits per heavy atom. The molecule has 1 saturated heterocycles. The highest BCUT2D eigenvalue weighted by molar-refractivity contribution is 7.99. The van der Waals surface area contributed by atoms with E-state index in [1.54, 1.807) is 12.3 Å². The van der Waals surface area contributed by atoms with Gasteiger partial charge in [0, 0.05) is 24.5 Å². The topological polar surface area (TPSA) is 49.8 Å². The number of hydrogen-bond donors (Lipinski definition) is 2. The molecule has 1 aromatic carbocycles. The standard InChI is InChI=1S/C18H20Cl2N4S/c1-11-17(25-14-4-2-3-13(19)16(14)20)23-8-15(24-11)22-7-12-5-18(6-12)9-21-10-18/h2-4,8,12,21H,5-7,9-10H2,1H3,(H,22,24). The summed E-state index contributed by atoms with van der Waals surface area (Å²) in [5.41, 5.74) is 1.50. The Balaban J connectivity index is 1.36. The lowest BCUT2D eigenvalue weighted by Gasteiger charge is -2.54. The summed E-state index contributed by atoms with van der Waals surface area (Å²) < 4.78 is 0. The maximum absolute atomic E-state index is 6.26. The lowest BCUT2D eigenvalue weighted by molar-refractivity contribution is 0.00676. The van der Waals surface area contributed by atoms with Gasteiger partial charge in [0.2, 0.25) is 0 Å². The number of aromatic nitrogens is 2. The van der Waals surface area contributed by atoms with Crippen molar-refractivity contribution in [3.63, 3.8) is 0 Å². The molecule has 0 unspecified atom stereocenters. The Morgan fingerprint density at radius 2 is 2.12 bits per heavy atom. The van der Waals surface area contributed by atoms with Crippen LogP contribution in [0.1, 0.15) is 18.5 Å². The second kappa shape index (κ2) is 6.95. The minimum Gasteiger partial charge on any atom is -0.369 e. The molecule has 1 saturated carbocycles. The number of nitrogens with zero attached hydrogens (tertiary/aromatic N) is 2. The molecule has 1 aromatic heterocycles. The Kier molecular flexibility index (Phi) is 4.84. The van der Waals surface area contributed by atoms with E-state index in [1.807, 2.05) is 19.1 Å². The fourth-order valence-corrected chi connectivity index (χ4v) is 4.97. The molecule has 4 nitrogen and oxygen atoms in total. The molecular formula is C18H20Cl2N4S. The first-order valence-corrected chi connectivity index (χ1v) is 10.0. The van der Waals surface area contributed by atoms with E-state index in [2.05, 4.69) is 20.6 Å². The Morgan fingerprint density at radius 1 is 1.32 bits per heavy atom. The molecule has 0 bridgehead atoms.